The van der Waals surface area contributed by atoms with E-state index in [1.54, 1.807) is 18.2 Å². The molecule has 1 unspecified atom stereocenters. The first-order valence-corrected chi connectivity index (χ1v) is 13.7. The molecule has 1 N–H and O–H groups in total. The van der Waals surface area contributed by atoms with Gasteiger partial charge in [0.15, 0.2) is 0 Å². The maximum atomic E-state index is 14.4. The third-order valence-electron chi connectivity index (χ3n) is 8.60. The van der Waals surface area contributed by atoms with Gasteiger partial charge in [-0.15, -0.1) is 0 Å². The van der Waals surface area contributed by atoms with Gasteiger partial charge in [-0.1, -0.05) is 5.92 Å². The molecule has 21 heteroatoms. The van der Waals surface area contributed by atoms with Gasteiger partial charge in [-0.25, -0.2) is 0 Å². The Bertz CT molecular complexity index is 1620. The lowest BCUT2D eigenvalue weighted by molar-refractivity contribution is -0.459. The Labute approximate surface area is 264 Å². The monoisotopic (exact) mass is 740 g/mol. The van der Waals surface area contributed by atoms with Crippen LogP contribution in [-0.2, 0) is 0 Å². The van der Waals surface area contributed by atoms with E-state index in [-0.39, 0.29) is 25.3 Å². The average Bonchev–Trinajstić information content (AvgIpc) is 3.02. The number of ether oxygens (including phenoxy) is 1. The average molecular weight is 740 g/mol. The molecule has 3 saturated heterocycles. The van der Waals surface area contributed by atoms with Gasteiger partial charge in [0.05, 0.1) is 18.7 Å². The van der Waals surface area contributed by atoms with Crippen LogP contribution in [0.15, 0.2) is 30.5 Å². The molecule has 1 aromatic heterocycles. The quantitative estimate of drug-likeness (QED) is 0.209. The molecule has 2 aromatic rings. The lowest BCUT2D eigenvalue weighted by Gasteiger charge is -2.50. The molecule has 5 atom stereocenters. The number of halogens is 17. The first-order valence-electron chi connectivity index (χ1n) is 13.7. The van der Waals surface area contributed by atoms with Gasteiger partial charge in [0.2, 0.25) is 0 Å². The molecule has 2 bridgehead atoms. The van der Waals surface area contributed by atoms with Crippen LogP contribution in [0.3, 0.4) is 0 Å². The number of piperidine rings is 3. The maximum absolute atomic E-state index is 14.4. The number of aliphatic hydroxyl groups excluding tert-OH is 1. The lowest BCUT2D eigenvalue weighted by Crippen LogP contribution is -2.74. The van der Waals surface area contributed by atoms with Crippen LogP contribution in [0.2, 0.25) is 0 Å². The number of fused-ring (bicyclic) bond motifs is 4. The van der Waals surface area contributed by atoms with Crippen LogP contribution >= 0.6 is 0 Å². The van der Waals surface area contributed by atoms with Crippen LogP contribution in [0, 0.1) is 23.7 Å². The second-order valence-corrected chi connectivity index (χ2v) is 11.5. The number of rotatable bonds is 9. The standard InChI is InChI=1S/C28H21F17N2O2/c1-49-15-2-3-18-17(11-15)16(5-8-46-18)20(48)19-10-13-6-9-47(19)12-14(13)4-7-21(29,30)22(31,32)23(33,34)24(35,36)25(37,38)26(39,40)27(41,42)28(43,44)45/h2-3,5,8,11,13-14,19-20,48H,6,9-10,12H2,1H3/t13-,14-,19-,20-/m0/s1. The van der Waals surface area contributed by atoms with Gasteiger partial charge in [-0.2, -0.15) is 74.6 Å². The largest absolute Gasteiger partial charge is 0.497 e. The van der Waals surface area contributed by atoms with E-state index >= 15 is 0 Å². The molecule has 3 fully saturated rings. The first-order chi connectivity index (χ1) is 22.1. The van der Waals surface area contributed by atoms with Crippen molar-refractivity contribution in [2.24, 2.45) is 11.8 Å². The normalized spacial score (nSPS) is 23.7. The Morgan fingerprint density at radius 3 is 1.86 bits per heavy atom. The van der Waals surface area contributed by atoms with Crippen molar-refractivity contribution >= 4 is 10.9 Å². The topological polar surface area (TPSA) is 45.6 Å². The summed E-state index contributed by atoms with van der Waals surface area (Å²) in [6.07, 6.45) is -7.71. The fourth-order valence-corrected chi connectivity index (χ4v) is 5.72. The van der Waals surface area contributed by atoms with Crippen LogP contribution in [0.25, 0.3) is 10.9 Å². The molecule has 3 aliphatic rings. The minimum absolute atomic E-state index is 0.0841. The van der Waals surface area contributed by atoms with Gasteiger partial charge in [0.25, 0.3) is 0 Å². The maximum Gasteiger partial charge on any atom is 0.460 e. The summed E-state index contributed by atoms with van der Waals surface area (Å²) in [5.41, 5.74) is 0.784. The summed E-state index contributed by atoms with van der Waals surface area (Å²) < 4.78 is 236. The van der Waals surface area contributed by atoms with Gasteiger partial charge in [-0.05, 0) is 61.1 Å². The van der Waals surface area contributed by atoms with Gasteiger partial charge < -0.3 is 9.84 Å². The SMILES string of the molecule is COc1ccc2nccc([C@H](O)[C@@H]3C[C@@H]4CCN3C[C@@H]4C#CC(F)(F)C(F)(F)C(F)(F)C(F)(F)C(F)(F)C(F)(F)C(F)(F)C(F)(F)F)c2c1. The van der Waals surface area contributed by atoms with Crippen molar-refractivity contribution in [2.75, 3.05) is 20.2 Å². The summed E-state index contributed by atoms with van der Waals surface area (Å²) in [6, 6.07) is 5.44. The molecule has 0 saturated carbocycles. The number of aromatic nitrogens is 1. The Morgan fingerprint density at radius 1 is 0.796 bits per heavy atom. The highest BCUT2D eigenvalue weighted by Gasteiger charge is 2.95. The Balaban J connectivity index is 1.59. The zero-order valence-corrected chi connectivity index (χ0v) is 24.2. The molecular weight excluding hydrogens is 719 g/mol. The smallest absolute Gasteiger partial charge is 0.460 e. The number of pyridine rings is 1. The van der Waals surface area contributed by atoms with Crippen molar-refractivity contribution in [1.82, 2.24) is 9.88 Å². The Hall–Kier alpha value is -3.28. The van der Waals surface area contributed by atoms with Crippen molar-refractivity contribution < 1.29 is 84.5 Å². The Kier molecular flexibility index (Phi) is 9.36. The van der Waals surface area contributed by atoms with Crippen LogP contribution < -0.4 is 4.74 Å². The third-order valence-corrected chi connectivity index (χ3v) is 8.60. The molecule has 274 valence electrons. The molecule has 0 aliphatic carbocycles. The molecule has 5 rings (SSSR count). The molecule has 0 spiro atoms. The molecule has 1 aromatic carbocycles. The number of hydrogen-bond donors (Lipinski definition) is 1. The van der Waals surface area contributed by atoms with E-state index in [1.807, 2.05) is 0 Å². The van der Waals surface area contributed by atoms with Crippen LogP contribution in [0.5, 0.6) is 5.75 Å². The number of nitrogens with zero attached hydrogens (tertiary/aromatic N) is 2. The number of benzene rings is 1. The highest BCUT2D eigenvalue weighted by atomic mass is 19.4. The van der Waals surface area contributed by atoms with E-state index in [1.165, 1.54) is 30.2 Å². The second-order valence-electron chi connectivity index (χ2n) is 11.5. The van der Waals surface area contributed by atoms with Crippen LogP contribution in [-0.4, -0.2) is 88.9 Å². The summed E-state index contributed by atoms with van der Waals surface area (Å²) in [4.78, 5) is 5.62. The fourth-order valence-electron chi connectivity index (χ4n) is 5.72. The zero-order chi connectivity index (χ0) is 37.4. The predicted molar refractivity (Wildman–Crippen MR) is 133 cm³/mol. The minimum atomic E-state index is -8.69. The van der Waals surface area contributed by atoms with E-state index in [9.17, 15) is 79.7 Å². The Morgan fingerprint density at radius 2 is 1.35 bits per heavy atom. The van der Waals surface area contributed by atoms with E-state index in [4.69, 9.17) is 4.74 Å². The zero-order valence-electron chi connectivity index (χ0n) is 24.2. The van der Waals surface area contributed by atoms with E-state index in [0.717, 1.165) is 0 Å². The van der Waals surface area contributed by atoms with Crippen molar-refractivity contribution in [2.45, 2.75) is 72.6 Å². The molecule has 4 nitrogen and oxygen atoms in total. The van der Waals surface area contributed by atoms with Crippen molar-refractivity contribution in [1.29, 1.82) is 0 Å². The summed E-state index contributed by atoms with van der Waals surface area (Å²) in [6.45, 7) is -0.240. The molecule has 0 radical (unpaired) electrons. The van der Waals surface area contributed by atoms with E-state index in [2.05, 4.69) is 4.98 Å². The van der Waals surface area contributed by atoms with Gasteiger partial charge >= 0.3 is 47.6 Å². The predicted octanol–water partition coefficient (Wildman–Crippen LogP) is 8.00. The minimum Gasteiger partial charge on any atom is -0.497 e. The summed E-state index contributed by atoms with van der Waals surface area (Å²) >= 11 is 0. The highest BCUT2D eigenvalue weighted by Crippen LogP contribution is 2.64. The molecule has 3 aliphatic heterocycles. The highest BCUT2D eigenvalue weighted by molar-refractivity contribution is 5.84. The number of methoxy groups -OCH3 is 1. The van der Waals surface area contributed by atoms with Crippen molar-refractivity contribution in [3.63, 3.8) is 0 Å². The van der Waals surface area contributed by atoms with Gasteiger partial charge in [0, 0.05) is 30.1 Å². The number of aliphatic hydroxyl groups is 1. The molecule has 0 amide bonds. The molecular formula is C28H21F17N2O2. The second kappa shape index (κ2) is 11.9. The number of alkyl halides is 17. The van der Waals surface area contributed by atoms with Crippen molar-refractivity contribution in [3.8, 4) is 17.6 Å². The first kappa shape index (κ1) is 38.5. The molecule has 49 heavy (non-hydrogen) atoms. The lowest BCUT2D eigenvalue weighted by atomic mass is 9.73. The van der Waals surface area contributed by atoms with Crippen molar-refractivity contribution in [3.05, 3.63) is 36.0 Å². The summed E-state index contributed by atoms with van der Waals surface area (Å²) in [5.74, 6) is -57.2. The summed E-state index contributed by atoms with van der Waals surface area (Å²) in [7, 11) is 1.38. The van der Waals surface area contributed by atoms with Crippen LogP contribution in [0.4, 0.5) is 74.6 Å². The van der Waals surface area contributed by atoms with Gasteiger partial charge in [-0.3, -0.25) is 9.88 Å². The van der Waals surface area contributed by atoms with Gasteiger partial charge in [0.1, 0.15) is 5.75 Å². The van der Waals surface area contributed by atoms with E-state index in [0.29, 0.717) is 22.2 Å². The number of hydrogen-bond acceptors (Lipinski definition) is 4. The third kappa shape index (κ3) is 5.69. The van der Waals surface area contributed by atoms with E-state index < -0.39 is 78.2 Å². The van der Waals surface area contributed by atoms with Crippen LogP contribution in [0.1, 0.15) is 24.5 Å². The molecule has 4 heterocycles. The summed E-state index contributed by atoms with van der Waals surface area (Å²) in [5, 5.41) is 11.7. The fraction of sp³-hybridized carbons (Fsp3) is 0.607.